The van der Waals surface area contributed by atoms with Crippen LogP contribution in [0.2, 0.25) is 0 Å². The number of rotatable bonds is 0. The lowest BCUT2D eigenvalue weighted by molar-refractivity contribution is 0.594. The fourth-order valence-electron chi connectivity index (χ4n) is 1.64. The van der Waals surface area contributed by atoms with Gasteiger partial charge in [0.25, 0.3) is 0 Å². The van der Waals surface area contributed by atoms with Crippen molar-refractivity contribution in [3.63, 3.8) is 0 Å². The van der Waals surface area contributed by atoms with Crippen LogP contribution in [0.3, 0.4) is 0 Å². The fourth-order valence-corrected chi connectivity index (χ4v) is 2.60. The highest BCUT2D eigenvalue weighted by Gasteiger charge is 2.22. The monoisotopic (exact) mass is 218 g/mol. The molecule has 0 fully saturated rings. The van der Waals surface area contributed by atoms with E-state index in [2.05, 4.69) is 11.1 Å². The van der Waals surface area contributed by atoms with E-state index in [4.69, 9.17) is 8.00 Å². The van der Waals surface area contributed by atoms with Crippen LogP contribution in [-0.2, 0) is 5.41 Å². The molecule has 0 aliphatic carbocycles. The Bertz CT molecular complexity index is 632. The molecule has 0 aliphatic rings. The van der Waals surface area contributed by atoms with Gasteiger partial charge in [-0.1, -0.05) is 20.8 Å². The third-order valence-electron chi connectivity index (χ3n) is 2.23. The molecule has 3 heteroatoms. The van der Waals surface area contributed by atoms with Crippen molar-refractivity contribution in [2.24, 2.45) is 0 Å². The number of nitriles is 1. The standard InChI is InChI=1S/C12H12N2S/c1-12(2,3)10-8(6-13)7-14-9-4-5-15-11(9)10/h4-5,7H,1-3H3/i4D,5D. The van der Waals surface area contributed by atoms with E-state index in [9.17, 15) is 0 Å². The molecule has 0 amide bonds. The molecule has 2 aromatic rings. The van der Waals surface area contributed by atoms with Gasteiger partial charge in [0.1, 0.15) is 6.07 Å². The van der Waals surface area contributed by atoms with E-state index in [0.29, 0.717) is 11.1 Å². The quantitative estimate of drug-likeness (QED) is 0.679. The van der Waals surface area contributed by atoms with Crippen LogP contribution in [-0.4, -0.2) is 4.98 Å². The number of hydrogen-bond donors (Lipinski definition) is 0. The van der Waals surface area contributed by atoms with Crippen molar-refractivity contribution in [1.29, 1.82) is 5.26 Å². The number of nitrogens with zero attached hydrogens (tertiary/aromatic N) is 2. The van der Waals surface area contributed by atoms with Gasteiger partial charge in [0.05, 0.1) is 18.5 Å². The molecule has 0 radical (unpaired) electrons. The SMILES string of the molecule is [2H]c1sc2c(C(C)(C)C)c(C#N)cnc2c1[2H]. The van der Waals surface area contributed by atoms with E-state index < -0.39 is 0 Å². The van der Waals surface area contributed by atoms with Crippen molar-refractivity contribution in [2.45, 2.75) is 26.2 Å². The molecule has 2 heterocycles. The fraction of sp³-hybridized carbons (Fsp3) is 0.333. The third kappa shape index (κ3) is 1.62. The molecule has 0 saturated heterocycles. The summed E-state index contributed by atoms with van der Waals surface area (Å²) < 4.78 is 16.3. The molecule has 2 nitrogen and oxygen atoms in total. The maximum atomic E-state index is 9.14. The summed E-state index contributed by atoms with van der Waals surface area (Å²) in [6.07, 6.45) is 1.51. The zero-order valence-corrected chi connectivity index (χ0v) is 9.70. The molecule has 0 aromatic carbocycles. The Balaban J connectivity index is 2.95. The molecule has 0 bridgehead atoms. The molecule has 0 aliphatic heterocycles. The number of fused-ring (bicyclic) bond motifs is 1. The number of hydrogen-bond acceptors (Lipinski definition) is 3. The van der Waals surface area contributed by atoms with Crippen LogP contribution >= 0.6 is 11.3 Å². The first-order valence-electron chi connectivity index (χ1n) is 5.65. The summed E-state index contributed by atoms with van der Waals surface area (Å²) in [6.45, 7) is 6.07. The van der Waals surface area contributed by atoms with Gasteiger partial charge in [0.15, 0.2) is 0 Å². The van der Waals surface area contributed by atoms with Gasteiger partial charge < -0.3 is 0 Å². The normalized spacial score (nSPS) is 13.5. The smallest absolute Gasteiger partial charge is 0.101 e. The van der Waals surface area contributed by atoms with E-state index in [1.165, 1.54) is 17.5 Å². The summed E-state index contributed by atoms with van der Waals surface area (Å²) in [6, 6.07) is 2.30. The molecule has 0 unspecified atom stereocenters. The Morgan fingerprint density at radius 3 is 2.87 bits per heavy atom. The summed E-state index contributed by atoms with van der Waals surface area (Å²) in [5.74, 6) is 0. The van der Waals surface area contributed by atoms with E-state index in [1.54, 1.807) is 0 Å². The maximum absolute atomic E-state index is 9.14. The lowest BCUT2D eigenvalue weighted by atomic mass is 9.84. The molecule has 15 heavy (non-hydrogen) atoms. The van der Waals surface area contributed by atoms with Gasteiger partial charge in [-0.25, -0.2) is 0 Å². The van der Waals surface area contributed by atoms with Crippen molar-refractivity contribution in [1.82, 2.24) is 4.98 Å². The molecule has 0 atom stereocenters. The molecular formula is C12H12N2S. The van der Waals surface area contributed by atoms with Crippen LogP contribution in [0, 0.1) is 11.3 Å². The molecule has 0 saturated carbocycles. The summed E-state index contributed by atoms with van der Waals surface area (Å²) in [4.78, 5) is 4.13. The van der Waals surface area contributed by atoms with E-state index in [0.717, 1.165) is 10.3 Å². The van der Waals surface area contributed by atoms with Gasteiger partial charge in [-0.2, -0.15) is 5.26 Å². The van der Waals surface area contributed by atoms with Gasteiger partial charge in [-0.3, -0.25) is 4.98 Å². The second kappa shape index (κ2) is 3.32. The molecule has 2 rings (SSSR count). The second-order valence-electron chi connectivity index (χ2n) is 4.42. The van der Waals surface area contributed by atoms with Gasteiger partial charge in [-0.15, -0.1) is 11.3 Å². The summed E-state index contributed by atoms with van der Waals surface area (Å²) in [5, 5.41) is 9.34. The van der Waals surface area contributed by atoms with E-state index in [-0.39, 0.29) is 16.8 Å². The number of aromatic nitrogens is 1. The van der Waals surface area contributed by atoms with Crippen molar-refractivity contribution in [2.75, 3.05) is 0 Å². The average Bonchev–Trinajstić information content (AvgIpc) is 2.52. The summed E-state index contributed by atoms with van der Waals surface area (Å²) in [5.41, 5.74) is 1.76. The highest BCUT2D eigenvalue weighted by atomic mass is 32.1. The van der Waals surface area contributed by atoms with Crippen LogP contribution in [0.4, 0.5) is 0 Å². The van der Waals surface area contributed by atoms with Crippen molar-refractivity contribution >= 4 is 21.6 Å². The van der Waals surface area contributed by atoms with Gasteiger partial charge in [0.2, 0.25) is 0 Å². The van der Waals surface area contributed by atoms with Crippen LogP contribution < -0.4 is 0 Å². The lowest BCUT2D eigenvalue weighted by Crippen LogP contribution is -2.13. The first kappa shape index (κ1) is 7.84. The highest BCUT2D eigenvalue weighted by molar-refractivity contribution is 7.17. The molecule has 0 N–H and O–H groups in total. The predicted octanol–water partition coefficient (Wildman–Crippen LogP) is 3.47. The predicted molar refractivity (Wildman–Crippen MR) is 63.0 cm³/mol. The minimum Gasteiger partial charge on any atom is -0.254 e. The highest BCUT2D eigenvalue weighted by Crippen LogP contribution is 2.34. The second-order valence-corrected chi connectivity index (χ2v) is 5.23. The van der Waals surface area contributed by atoms with E-state index in [1.807, 2.05) is 20.8 Å². The largest absolute Gasteiger partial charge is 0.254 e. The molecule has 0 spiro atoms. The zero-order chi connectivity index (χ0) is 12.8. The van der Waals surface area contributed by atoms with E-state index >= 15 is 0 Å². The number of thiophene rings is 1. The van der Waals surface area contributed by atoms with Crippen LogP contribution in [0.1, 0.15) is 34.6 Å². The summed E-state index contributed by atoms with van der Waals surface area (Å²) >= 11 is 1.23. The number of pyridine rings is 1. The Morgan fingerprint density at radius 2 is 2.27 bits per heavy atom. The van der Waals surface area contributed by atoms with Gasteiger partial charge >= 0.3 is 0 Å². The maximum Gasteiger partial charge on any atom is 0.101 e. The zero-order valence-electron chi connectivity index (χ0n) is 10.9. The molecular weight excluding hydrogens is 204 g/mol. The Morgan fingerprint density at radius 1 is 1.53 bits per heavy atom. The van der Waals surface area contributed by atoms with Crippen LogP contribution in [0.25, 0.3) is 10.2 Å². The first-order chi connectivity index (χ1) is 7.86. The lowest BCUT2D eigenvalue weighted by Gasteiger charge is -2.20. The van der Waals surface area contributed by atoms with Crippen molar-refractivity contribution < 1.29 is 2.74 Å². The van der Waals surface area contributed by atoms with Gasteiger partial charge in [0, 0.05) is 6.20 Å². The first-order valence-corrected chi connectivity index (χ1v) is 5.47. The average molecular weight is 218 g/mol. The Labute approximate surface area is 96.0 Å². The summed E-state index contributed by atoms with van der Waals surface area (Å²) in [7, 11) is 0. The topological polar surface area (TPSA) is 36.7 Å². The Kier molecular flexibility index (Phi) is 1.73. The molecule has 2 aromatic heterocycles. The molecule has 76 valence electrons. The minimum atomic E-state index is -0.198. The van der Waals surface area contributed by atoms with Gasteiger partial charge in [-0.05, 0) is 22.4 Å². The third-order valence-corrected chi connectivity index (χ3v) is 3.03. The minimum absolute atomic E-state index is 0.153. The Hall–Kier alpha value is -1.40. The van der Waals surface area contributed by atoms with Crippen LogP contribution in [0.15, 0.2) is 17.6 Å². The van der Waals surface area contributed by atoms with Crippen LogP contribution in [0.5, 0.6) is 0 Å². The van der Waals surface area contributed by atoms with Crippen molar-refractivity contribution in [3.8, 4) is 6.07 Å². The van der Waals surface area contributed by atoms with Crippen molar-refractivity contribution in [3.05, 3.63) is 28.7 Å².